The van der Waals surface area contributed by atoms with Crippen LogP contribution in [0, 0.1) is 5.92 Å². The first kappa shape index (κ1) is 11.0. The number of isocyanates is 1. The molecule has 0 fully saturated rings. The van der Waals surface area contributed by atoms with Crippen molar-refractivity contribution < 1.29 is 4.79 Å². The predicted molar refractivity (Wildman–Crippen MR) is 57.2 cm³/mol. The average Bonchev–Trinajstić information content (AvgIpc) is 2.15. The normalized spacial score (nSPS) is 12.3. The van der Waals surface area contributed by atoms with Crippen molar-refractivity contribution in [3.63, 3.8) is 0 Å². The maximum atomic E-state index is 10.3. The fourth-order valence-electron chi connectivity index (χ4n) is 1.35. The maximum absolute atomic E-state index is 10.3. The van der Waals surface area contributed by atoms with Gasteiger partial charge in [0.2, 0.25) is 6.08 Å². The summed E-state index contributed by atoms with van der Waals surface area (Å²) in [5.41, 5.74) is 0.882. The Morgan fingerprint density at radius 2 is 2.00 bits per heavy atom. The molecule has 0 aromatic heterocycles. The summed E-state index contributed by atoms with van der Waals surface area (Å²) in [4.78, 5) is 14.0. The molecule has 0 saturated carbocycles. The topological polar surface area (TPSA) is 29.4 Å². The van der Waals surface area contributed by atoms with Crippen molar-refractivity contribution in [2.24, 2.45) is 10.9 Å². The Hall–Kier alpha value is -1.11. The molecular formula is C11H12ClNO. The van der Waals surface area contributed by atoms with Crippen molar-refractivity contribution in [2.45, 2.75) is 19.9 Å². The number of halogens is 1. The van der Waals surface area contributed by atoms with Crippen LogP contribution in [0.5, 0.6) is 0 Å². The number of hydrogen-bond acceptors (Lipinski definition) is 2. The highest BCUT2D eigenvalue weighted by atomic mass is 35.5. The summed E-state index contributed by atoms with van der Waals surface area (Å²) in [7, 11) is 0. The Labute approximate surface area is 88.6 Å². The first-order valence-electron chi connectivity index (χ1n) is 4.48. The largest absolute Gasteiger partial charge is 0.235 e. The van der Waals surface area contributed by atoms with E-state index in [0.717, 1.165) is 5.56 Å². The van der Waals surface area contributed by atoms with Gasteiger partial charge in [0, 0.05) is 5.02 Å². The van der Waals surface area contributed by atoms with Crippen LogP contribution in [0.1, 0.15) is 25.5 Å². The highest BCUT2D eigenvalue weighted by Crippen LogP contribution is 2.30. The molecule has 0 aliphatic rings. The first-order chi connectivity index (χ1) is 6.66. The molecule has 0 spiro atoms. The van der Waals surface area contributed by atoms with Gasteiger partial charge < -0.3 is 0 Å². The van der Waals surface area contributed by atoms with Gasteiger partial charge in [-0.25, -0.2) is 4.79 Å². The number of benzene rings is 1. The highest BCUT2D eigenvalue weighted by molar-refractivity contribution is 6.31. The minimum absolute atomic E-state index is 0.193. The lowest BCUT2D eigenvalue weighted by Crippen LogP contribution is -2.04. The molecule has 0 N–H and O–H groups in total. The van der Waals surface area contributed by atoms with E-state index >= 15 is 0 Å². The van der Waals surface area contributed by atoms with E-state index in [2.05, 4.69) is 4.99 Å². The molecule has 0 aliphatic heterocycles. The molecule has 3 heteroatoms. The molecule has 0 heterocycles. The van der Waals surface area contributed by atoms with Crippen LogP contribution < -0.4 is 0 Å². The summed E-state index contributed by atoms with van der Waals surface area (Å²) in [6, 6.07) is 7.23. The molecule has 1 rings (SSSR count). The molecule has 0 saturated heterocycles. The molecule has 14 heavy (non-hydrogen) atoms. The zero-order chi connectivity index (χ0) is 10.6. The standard InChI is InChI=1S/C11H12ClNO/c1-8(2)11(13-7-14)9-5-3-4-6-10(9)12/h3-6,8,11H,1-2H3. The third-order valence-electron chi connectivity index (χ3n) is 2.05. The van der Waals surface area contributed by atoms with E-state index < -0.39 is 0 Å². The van der Waals surface area contributed by atoms with Crippen LogP contribution in [-0.2, 0) is 4.79 Å². The Morgan fingerprint density at radius 1 is 1.36 bits per heavy atom. The van der Waals surface area contributed by atoms with E-state index in [0.29, 0.717) is 5.02 Å². The van der Waals surface area contributed by atoms with Gasteiger partial charge in [0.25, 0.3) is 0 Å². The fraction of sp³-hybridized carbons (Fsp3) is 0.364. The second-order valence-corrected chi connectivity index (χ2v) is 3.84. The zero-order valence-electron chi connectivity index (χ0n) is 8.20. The number of nitrogens with zero attached hydrogens (tertiary/aromatic N) is 1. The van der Waals surface area contributed by atoms with Crippen molar-refractivity contribution in [1.29, 1.82) is 0 Å². The quantitative estimate of drug-likeness (QED) is 0.554. The third kappa shape index (κ3) is 2.44. The van der Waals surface area contributed by atoms with E-state index in [9.17, 15) is 4.79 Å². The van der Waals surface area contributed by atoms with Gasteiger partial charge in [0.15, 0.2) is 0 Å². The molecule has 0 radical (unpaired) electrons. The van der Waals surface area contributed by atoms with E-state index in [4.69, 9.17) is 11.6 Å². The Kier molecular flexibility index (Phi) is 3.87. The predicted octanol–water partition coefficient (Wildman–Crippen LogP) is 3.37. The molecule has 1 aromatic rings. The maximum Gasteiger partial charge on any atom is 0.235 e. The summed E-state index contributed by atoms with van der Waals surface area (Å²) < 4.78 is 0. The van der Waals surface area contributed by atoms with Gasteiger partial charge in [-0.15, -0.1) is 0 Å². The zero-order valence-corrected chi connectivity index (χ0v) is 8.95. The number of hydrogen-bond donors (Lipinski definition) is 0. The minimum Gasteiger partial charge on any atom is -0.211 e. The second-order valence-electron chi connectivity index (χ2n) is 3.43. The van der Waals surface area contributed by atoms with Crippen LogP contribution in [-0.4, -0.2) is 6.08 Å². The van der Waals surface area contributed by atoms with Gasteiger partial charge in [-0.2, -0.15) is 4.99 Å². The van der Waals surface area contributed by atoms with Crippen molar-refractivity contribution in [3.8, 4) is 0 Å². The van der Waals surface area contributed by atoms with Gasteiger partial charge in [-0.3, -0.25) is 0 Å². The van der Waals surface area contributed by atoms with Crippen molar-refractivity contribution >= 4 is 17.7 Å². The number of aliphatic imine (C=N–C) groups is 1. The van der Waals surface area contributed by atoms with E-state index in [-0.39, 0.29) is 12.0 Å². The van der Waals surface area contributed by atoms with Crippen molar-refractivity contribution in [3.05, 3.63) is 34.9 Å². The number of carbonyl (C=O) groups excluding carboxylic acids is 1. The molecular weight excluding hydrogens is 198 g/mol. The van der Waals surface area contributed by atoms with Gasteiger partial charge >= 0.3 is 0 Å². The highest BCUT2D eigenvalue weighted by Gasteiger charge is 2.16. The smallest absolute Gasteiger partial charge is 0.211 e. The molecule has 1 atom stereocenters. The van der Waals surface area contributed by atoms with Crippen LogP contribution in [0.3, 0.4) is 0 Å². The summed E-state index contributed by atoms with van der Waals surface area (Å²) in [6.07, 6.45) is 1.59. The molecule has 0 amide bonds. The Morgan fingerprint density at radius 3 is 2.50 bits per heavy atom. The number of rotatable bonds is 3. The van der Waals surface area contributed by atoms with Gasteiger partial charge in [-0.05, 0) is 17.5 Å². The SMILES string of the molecule is CC(C)C(N=C=O)c1ccccc1Cl. The van der Waals surface area contributed by atoms with Crippen LogP contribution in [0.4, 0.5) is 0 Å². The Balaban J connectivity index is 3.11. The molecule has 1 aromatic carbocycles. The van der Waals surface area contributed by atoms with Crippen LogP contribution >= 0.6 is 11.6 Å². The van der Waals surface area contributed by atoms with Gasteiger partial charge in [0.1, 0.15) is 0 Å². The lowest BCUT2D eigenvalue weighted by atomic mass is 9.97. The fourth-order valence-corrected chi connectivity index (χ4v) is 1.60. The Bertz CT molecular complexity index is 356. The summed E-state index contributed by atoms with van der Waals surface area (Å²) in [6.45, 7) is 3.99. The molecule has 74 valence electrons. The van der Waals surface area contributed by atoms with E-state index in [1.54, 1.807) is 12.1 Å². The van der Waals surface area contributed by atoms with Gasteiger partial charge in [-0.1, -0.05) is 43.6 Å². The van der Waals surface area contributed by atoms with Crippen LogP contribution in [0.2, 0.25) is 5.02 Å². The van der Waals surface area contributed by atoms with E-state index in [1.807, 2.05) is 32.0 Å². The van der Waals surface area contributed by atoms with Crippen LogP contribution in [0.15, 0.2) is 29.3 Å². The lowest BCUT2D eigenvalue weighted by Gasteiger charge is -2.15. The molecule has 1 unspecified atom stereocenters. The van der Waals surface area contributed by atoms with E-state index in [1.165, 1.54) is 0 Å². The summed E-state index contributed by atoms with van der Waals surface area (Å²) in [5, 5.41) is 0.644. The monoisotopic (exact) mass is 209 g/mol. The second kappa shape index (κ2) is 4.94. The molecule has 2 nitrogen and oxygen atoms in total. The lowest BCUT2D eigenvalue weighted by molar-refractivity contribution is 0.502. The molecule has 0 bridgehead atoms. The first-order valence-corrected chi connectivity index (χ1v) is 4.86. The van der Waals surface area contributed by atoms with Crippen molar-refractivity contribution in [1.82, 2.24) is 0 Å². The minimum atomic E-state index is -0.193. The third-order valence-corrected chi connectivity index (χ3v) is 2.39. The molecule has 0 aliphatic carbocycles. The average molecular weight is 210 g/mol. The van der Waals surface area contributed by atoms with Crippen molar-refractivity contribution in [2.75, 3.05) is 0 Å². The summed E-state index contributed by atoms with van der Waals surface area (Å²) in [5.74, 6) is 0.233. The van der Waals surface area contributed by atoms with Crippen LogP contribution in [0.25, 0.3) is 0 Å². The summed E-state index contributed by atoms with van der Waals surface area (Å²) >= 11 is 6.01. The van der Waals surface area contributed by atoms with Gasteiger partial charge in [0.05, 0.1) is 6.04 Å².